The molecule has 0 spiro atoms. The van der Waals surface area contributed by atoms with Crippen molar-refractivity contribution in [3.05, 3.63) is 32.6 Å². The molecule has 16 heteroatoms. The number of hydrogen-bond donors (Lipinski definition) is 4. The molecule has 0 aliphatic rings. The first-order chi connectivity index (χ1) is 38.4. The van der Waals surface area contributed by atoms with Gasteiger partial charge in [-0.3, -0.25) is 29.0 Å². The normalized spacial score (nSPS) is 11.7. The molecule has 0 aliphatic heterocycles. The van der Waals surface area contributed by atoms with Crippen LogP contribution in [0.25, 0.3) is 0 Å². The molecule has 0 aromatic carbocycles. The Labute approximate surface area is 481 Å². The highest BCUT2D eigenvalue weighted by atomic mass is 31.2. The second kappa shape index (κ2) is 51.6. The Kier molecular flexibility index (Phi) is 48.1. The summed E-state index contributed by atoms with van der Waals surface area (Å²) in [5.74, 6) is -0.866. The lowest BCUT2D eigenvalue weighted by molar-refractivity contribution is -0.143. The molecular weight excluding hydrogens is 1010 g/mol. The van der Waals surface area contributed by atoms with Crippen LogP contribution in [-0.4, -0.2) is 127 Å². The summed E-state index contributed by atoms with van der Waals surface area (Å²) in [5.41, 5.74) is -0.531. The number of aromatic amines is 1. The average molecular weight is 1130 g/mol. The number of nitrogens with one attached hydrogen (secondary N) is 4. The third-order valence-electron chi connectivity index (χ3n) is 15.4. The Morgan fingerprint density at radius 2 is 0.835 bits per heavy atom. The SMILES string of the molecule is CCCCCCCCCN(CCCCCCCCC)CCNC(=O)CCP(=O)(CCC(=O)NCCCCc1cn(CCCC(=O)OCC)c(=O)[nH]c1=O)CCC(=O)NCCN(CCCCCCCCC)CCCCCCCCC. The fraction of sp³-hybridized carbons (Fsp3) is 0.873. The van der Waals surface area contributed by atoms with Crippen LogP contribution in [0.3, 0.4) is 0 Å². The van der Waals surface area contributed by atoms with E-state index >= 15 is 0 Å². The molecule has 460 valence electrons. The van der Waals surface area contributed by atoms with Crippen LogP contribution in [0.2, 0.25) is 0 Å². The van der Waals surface area contributed by atoms with Crippen LogP contribution in [0.15, 0.2) is 15.8 Å². The van der Waals surface area contributed by atoms with Gasteiger partial charge in [0.15, 0.2) is 0 Å². The van der Waals surface area contributed by atoms with E-state index in [0.717, 1.165) is 39.3 Å². The molecule has 1 heterocycles. The van der Waals surface area contributed by atoms with Gasteiger partial charge in [-0.2, -0.15) is 0 Å². The van der Waals surface area contributed by atoms with E-state index < -0.39 is 18.4 Å². The van der Waals surface area contributed by atoms with Crippen molar-refractivity contribution in [2.24, 2.45) is 0 Å². The Bertz CT molecular complexity index is 1740. The number of esters is 1. The number of rotatable bonds is 57. The molecule has 1 rings (SSSR count). The summed E-state index contributed by atoms with van der Waals surface area (Å²) >= 11 is 0. The maximum Gasteiger partial charge on any atom is 0.328 e. The van der Waals surface area contributed by atoms with Gasteiger partial charge in [0.2, 0.25) is 17.7 Å². The molecule has 0 saturated carbocycles. The third-order valence-corrected chi connectivity index (χ3v) is 18.5. The van der Waals surface area contributed by atoms with Crippen molar-refractivity contribution >= 4 is 30.8 Å². The van der Waals surface area contributed by atoms with E-state index in [2.05, 4.69) is 58.4 Å². The summed E-state index contributed by atoms with van der Waals surface area (Å²) in [5, 5.41) is 9.18. The second-order valence-electron chi connectivity index (χ2n) is 22.7. The number of hydrogen-bond acceptors (Lipinski definition) is 10. The Morgan fingerprint density at radius 1 is 0.468 bits per heavy atom. The van der Waals surface area contributed by atoms with Crippen molar-refractivity contribution < 1.29 is 28.5 Å². The van der Waals surface area contributed by atoms with E-state index in [-0.39, 0.29) is 74.4 Å². The highest BCUT2D eigenvalue weighted by molar-refractivity contribution is 7.64. The maximum absolute atomic E-state index is 14.7. The molecule has 1 aromatic rings. The van der Waals surface area contributed by atoms with Gasteiger partial charge in [0.05, 0.1) is 13.7 Å². The number of H-pyrrole nitrogens is 1. The number of nitrogens with zero attached hydrogens (tertiary/aromatic N) is 3. The van der Waals surface area contributed by atoms with Gasteiger partial charge in [-0.05, 0) is 84.5 Å². The van der Waals surface area contributed by atoms with E-state index in [9.17, 15) is 33.3 Å². The van der Waals surface area contributed by atoms with E-state index in [4.69, 9.17) is 4.74 Å². The van der Waals surface area contributed by atoms with Crippen molar-refractivity contribution in [3.8, 4) is 0 Å². The van der Waals surface area contributed by atoms with Crippen molar-refractivity contribution in [1.29, 1.82) is 0 Å². The number of aryl methyl sites for hydroxylation is 2. The Balaban J connectivity index is 2.91. The zero-order chi connectivity index (χ0) is 57.9. The molecule has 3 amide bonds. The van der Waals surface area contributed by atoms with Gasteiger partial charge in [-0.25, -0.2) is 4.79 Å². The molecule has 0 unspecified atom stereocenters. The number of ether oxygens (including phenoxy) is 1. The standard InChI is InChI=1S/C63H120N7O8P/c1-6-11-15-19-23-27-33-46-68(47-34-28-24-20-16-12-7-2)51-44-65-59(72)41-54-79(77,53-40-58(71)64-43-32-31-38-57-56-70(63(76)67-62(57)75)50-37-39-61(74)78-10-5)55-42-60(73)66-45-52-69(48-35-29-25-21-17-13-8-3)49-36-30-26-22-18-14-9-4/h56H,6-55H2,1-5H3,(H,64,71)(H,65,72)(H,66,73)(H,67,75,76). The van der Waals surface area contributed by atoms with Crippen LogP contribution in [-0.2, 0) is 41.4 Å². The number of carbonyl (C=O) groups is 4. The Hall–Kier alpha value is -3.29. The number of carbonyl (C=O) groups excluding carboxylic acids is 4. The number of amides is 3. The fourth-order valence-electron chi connectivity index (χ4n) is 10.3. The number of unbranched alkanes of at least 4 members (excludes halogenated alkanes) is 25. The van der Waals surface area contributed by atoms with Gasteiger partial charge in [-0.15, -0.1) is 0 Å². The minimum atomic E-state index is -3.11. The zero-order valence-electron chi connectivity index (χ0n) is 51.5. The van der Waals surface area contributed by atoms with Gasteiger partial charge < -0.3 is 39.6 Å². The first-order valence-electron chi connectivity index (χ1n) is 32.7. The minimum absolute atomic E-state index is 0.0231. The first-order valence-corrected chi connectivity index (χ1v) is 35.0. The topological polar surface area (TPSA) is 192 Å². The van der Waals surface area contributed by atoms with E-state index in [1.54, 1.807) is 13.1 Å². The molecule has 0 aliphatic carbocycles. The van der Waals surface area contributed by atoms with Gasteiger partial charge >= 0.3 is 11.7 Å². The van der Waals surface area contributed by atoms with Crippen molar-refractivity contribution in [2.75, 3.05) is 84.0 Å². The summed E-state index contributed by atoms with van der Waals surface area (Å²) < 4.78 is 21.1. The molecule has 0 saturated heterocycles. The highest BCUT2D eigenvalue weighted by Crippen LogP contribution is 2.47. The first kappa shape index (κ1) is 73.7. The fourth-order valence-corrected chi connectivity index (χ4v) is 12.8. The molecule has 1 aromatic heterocycles. The minimum Gasteiger partial charge on any atom is -0.466 e. The lowest BCUT2D eigenvalue weighted by Crippen LogP contribution is -2.36. The lowest BCUT2D eigenvalue weighted by Gasteiger charge is -2.23. The van der Waals surface area contributed by atoms with Gasteiger partial charge in [0.25, 0.3) is 5.56 Å². The smallest absolute Gasteiger partial charge is 0.328 e. The molecular formula is C63H120N7O8P. The molecule has 0 fully saturated rings. The third kappa shape index (κ3) is 43.1. The van der Waals surface area contributed by atoms with E-state index in [1.165, 1.54) is 184 Å². The van der Waals surface area contributed by atoms with Gasteiger partial charge in [0, 0.05) is 95.2 Å². The molecule has 0 bridgehead atoms. The van der Waals surface area contributed by atoms with Crippen LogP contribution in [0.4, 0.5) is 0 Å². The monoisotopic (exact) mass is 1130 g/mol. The quantitative estimate of drug-likeness (QED) is 0.0277. The van der Waals surface area contributed by atoms with Crippen LogP contribution >= 0.6 is 7.14 Å². The maximum atomic E-state index is 14.7. The number of aromatic nitrogens is 2. The lowest BCUT2D eigenvalue weighted by atomic mass is 10.1. The van der Waals surface area contributed by atoms with Crippen molar-refractivity contribution in [1.82, 2.24) is 35.3 Å². The highest BCUT2D eigenvalue weighted by Gasteiger charge is 2.26. The van der Waals surface area contributed by atoms with Crippen LogP contribution in [0, 0.1) is 0 Å². The van der Waals surface area contributed by atoms with Crippen LogP contribution < -0.4 is 27.2 Å². The average Bonchev–Trinajstić information content (AvgIpc) is 3.43. The molecule has 0 atom stereocenters. The summed E-state index contributed by atoms with van der Waals surface area (Å²) in [6.07, 6.45) is 39.6. The van der Waals surface area contributed by atoms with E-state index in [0.29, 0.717) is 57.5 Å². The van der Waals surface area contributed by atoms with Crippen molar-refractivity contribution in [2.45, 2.75) is 272 Å². The van der Waals surface area contributed by atoms with Crippen LogP contribution in [0.1, 0.15) is 265 Å². The van der Waals surface area contributed by atoms with Gasteiger partial charge in [0.1, 0.15) is 0 Å². The van der Waals surface area contributed by atoms with Crippen molar-refractivity contribution in [3.63, 3.8) is 0 Å². The summed E-state index contributed by atoms with van der Waals surface area (Å²) in [6, 6.07) is 0. The molecule has 4 N–H and O–H groups in total. The van der Waals surface area contributed by atoms with Gasteiger partial charge in [-0.1, -0.05) is 182 Å². The van der Waals surface area contributed by atoms with Crippen LogP contribution in [0.5, 0.6) is 0 Å². The summed E-state index contributed by atoms with van der Waals surface area (Å²) in [4.78, 5) is 84.1. The zero-order valence-corrected chi connectivity index (χ0v) is 52.4. The predicted molar refractivity (Wildman–Crippen MR) is 330 cm³/mol. The molecule has 79 heavy (non-hydrogen) atoms. The van der Waals surface area contributed by atoms with E-state index in [1.807, 2.05) is 0 Å². The second-order valence-corrected chi connectivity index (χ2v) is 26.1. The molecule has 0 radical (unpaired) electrons. The predicted octanol–water partition coefficient (Wildman–Crippen LogP) is 12.7. The Morgan fingerprint density at radius 3 is 1.22 bits per heavy atom. The summed E-state index contributed by atoms with van der Waals surface area (Å²) in [6.45, 7) is 18.4. The largest absolute Gasteiger partial charge is 0.466 e. The molecule has 15 nitrogen and oxygen atoms in total. The summed E-state index contributed by atoms with van der Waals surface area (Å²) in [7, 11) is -3.11.